The molecular weight excluding hydrogens is 354 g/mol. The van der Waals surface area contributed by atoms with Crippen LogP contribution in [0.4, 0.5) is 5.69 Å². The van der Waals surface area contributed by atoms with Gasteiger partial charge in [-0.05, 0) is 60.4 Å². The van der Waals surface area contributed by atoms with Gasteiger partial charge in [-0.2, -0.15) is 0 Å². The minimum Gasteiger partial charge on any atom is -0.279 e. The molecule has 0 atom stereocenters. The van der Waals surface area contributed by atoms with Crippen LogP contribution in [0.3, 0.4) is 0 Å². The number of fused-ring (bicyclic) bond motifs is 2. The zero-order valence-corrected chi connectivity index (χ0v) is 15.2. The third-order valence-corrected chi connectivity index (χ3v) is 6.47. The van der Waals surface area contributed by atoms with Gasteiger partial charge in [-0.25, -0.2) is 8.42 Å². The summed E-state index contributed by atoms with van der Waals surface area (Å²) in [5, 5.41) is 1.81. The zero-order valence-electron chi connectivity index (χ0n) is 13.6. The molecule has 0 spiro atoms. The summed E-state index contributed by atoms with van der Waals surface area (Å²) in [5.74, 6) is 0. The van der Waals surface area contributed by atoms with Gasteiger partial charge in [0.05, 0.1) is 10.6 Å². The summed E-state index contributed by atoms with van der Waals surface area (Å²) in [6, 6.07) is 16.5. The van der Waals surface area contributed by atoms with Gasteiger partial charge in [0, 0.05) is 10.4 Å². The number of benzene rings is 3. The van der Waals surface area contributed by atoms with E-state index in [2.05, 4.69) is 10.8 Å². The van der Waals surface area contributed by atoms with Crippen molar-refractivity contribution in [3.63, 3.8) is 0 Å². The molecule has 0 amide bonds. The molecule has 0 heterocycles. The molecule has 128 valence electrons. The van der Waals surface area contributed by atoms with Crippen molar-refractivity contribution >= 4 is 38.1 Å². The zero-order chi connectivity index (χ0) is 17.4. The van der Waals surface area contributed by atoms with Crippen LogP contribution in [0.1, 0.15) is 24.0 Å². The van der Waals surface area contributed by atoms with Crippen LogP contribution in [0.5, 0.6) is 0 Å². The molecule has 0 aromatic heterocycles. The average molecular weight is 372 g/mol. The first-order valence-electron chi connectivity index (χ1n) is 8.37. The van der Waals surface area contributed by atoms with E-state index >= 15 is 0 Å². The SMILES string of the molecule is O=S(=O)(Nc1cccc2c1CCCC2)c1cccc2cccc(Cl)c12. The fourth-order valence-electron chi connectivity index (χ4n) is 3.56. The number of aryl methyl sites for hydroxylation is 1. The van der Waals surface area contributed by atoms with Gasteiger partial charge in [-0.1, -0.05) is 48.0 Å². The number of sulfonamides is 1. The molecule has 25 heavy (non-hydrogen) atoms. The Morgan fingerprint density at radius 2 is 1.60 bits per heavy atom. The van der Waals surface area contributed by atoms with Crippen LogP contribution in [0.25, 0.3) is 10.8 Å². The van der Waals surface area contributed by atoms with E-state index in [1.54, 1.807) is 18.2 Å². The predicted octanol–water partition coefficient (Wildman–Crippen LogP) is 5.17. The van der Waals surface area contributed by atoms with E-state index in [4.69, 9.17) is 11.6 Å². The molecular formula is C20H18ClNO2S. The van der Waals surface area contributed by atoms with Crippen molar-refractivity contribution in [3.8, 4) is 0 Å². The van der Waals surface area contributed by atoms with Crippen LogP contribution in [-0.2, 0) is 22.9 Å². The molecule has 0 saturated heterocycles. The van der Waals surface area contributed by atoms with Gasteiger partial charge in [0.1, 0.15) is 0 Å². The van der Waals surface area contributed by atoms with Crippen molar-refractivity contribution in [2.24, 2.45) is 0 Å². The standard InChI is InChI=1S/C20H18ClNO2S/c21-17-11-3-8-15-9-5-13-19(20(15)17)25(23,24)22-18-12-4-7-14-6-1-2-10-16(14)18/h3-5,7-9,11-13,22H,1-2,6,10H2. The fraction of sp³-hybridized carbons (Fsp3) is 0.200. The Morgan fingerprint density at radius 3 is 2.44 bits per heavy atom. The maximum atomic E-state index is 13.1. The summed E-state index contributed by atoms with van der Waals surface area (Å²) in [4.78, 5) is 0.212. The van der Waals surface area contributed by atoms with E-state index in [1.165, 1.54) is 5.56 Å². The molecule has 1 aliphatic rings. The average Bonchev–Trinajstić information content (AvgIpc) is 2.62. The highest BCUT2D eigenvalue weighted by Crippen LogP contribution is 2.33. The van der Waals surface area contributed by atoms with Crippen LogP contribution < -0.4 is 4.72 Å². The molecule has 4 rings (SSSR count). The Bertz CT molecular complexity index is 1060. The van der Waals surface area contributed by atoms with Gasteiger partial charge in [0.25, 0.3) is 10.0 Å². The van der Waals surface area contributed by atoms with Gasteiger partial charge in [-0.15, -0.1) is 0 Å². The van der Waals surface area contributed by atoms with Gasteiger partial charge in [0.15, 0.2) is 0 Å². The maximum absolute atomic E-state index is 13.1. The number of halogens is 1. The molecule has 0 radical (unpaired) electrons. The molecule has 1 N–H and O–H groups in total. The van der Waals surface area contributed by atoms with Crippen LogP contribution in [0.2, 0.25) is 5.02 Å². The minimum absolute atomic E-state index is 0.212. The Hall–Kier alpha value is -2.04. The number of hydrogen-bond acceptors (Lipinski definition) is 2. The van der Waals surface area contributed by atoms with Gasteiger partial charge in [-0.3, -0.25) is 4.72 Å². The van der Waals surface area contributed by atoms with Crippen LogP contribution in [0.15, 0.2) is 59.5 Å². The van der Waals surface area contributed by atoms with Gasteiger partial charge >= 0.3 is 0 Å². The number of nitrogens with one attached hydrogen (secondary N) is 1. The van der Waals surface area contributed by atoms with E-state index in [1.807, 2.05) is 30.3 Å². The smallest absolute Gasteiger partial charge is 0.262 e. The maximum Gasteiger partial charge on any atom is 0.262 e. The van der Waals surface area contributed by atoms with Crippen molar-refractivity contribution in [3.05, 3.63) is 70.7 Å². The molecule has 3 aromatic carbocycles. The largest absolute Gasteiger partial charge is 0.279 e. The molecule has 3 aromatic rings. The van der Waals surface area contributed by atoms with E-state index in [9.17, 15) is 8.42 Å². The highest BCUT2D eigenvalue weighted by atomic mass is 35.5. The summed E-state index contributed by atoms with van der Waals surface area (Å²) < 4.78 is 29.0. The molecule has 0 aliphatic heterocycles. The summed E-state index contributed by atoms with van der Waals surface area (Å²) in [6.45, 7) is 0. The molecule has 3 nitrogen and oxygen atoms in total. The first-order chi connectivity index (χ1) is 12.1. The quantitative estimate of drug-likeness (QED) is 0.690. The van der Waals surface area contributed by atoms with Crippen molar-refractivity contribution in [2.45, 2.75) is 30.6 Å². The Labute approximate surface area is 152 Å². The fourth-order valence-corrected chi connectivity index (χ4v) is 5.25. The minimum atomic E-state index is -3.73. The Kier molecular flexibility index (Phi) is 4.18. The summed E-state index contributed by atoms with van der Waals surface area (Å²) in [6.07, 6.45) is 4.16. The molecule has 0 unspecified atom stereocenters. The summed E-state index contributed by atoms with van der Waals surface area (Å²) in [5.41, 5.74) is 3.03. The van der Waals surface area contributed by atoms with E-state index in [-0.39, 0.29) is 4.90 Å². The van der Waals surface area contributed by atoms with Gasteiger partial charge < -0.3 is 0 Å². The van der Waals surface area contributed by atoms with Crippen molar-refractivity contribution in [1.29, 1.82) is 0 Å². The van der Waals surface area contributed by atoms with Crippen molar-refractivity contribution < 1.29 is 8.42 Å². The lowest BCUT2D eigenvalue weighted by atomic mass is 9.91. The van der Waals surface area contributed by atoms with E-state index < -0.39 is 10.0 Å². The number of anilines is 1. The third kappa shape index (κ3) is 3.00. The number of hydrogen-bond donors (Lipinski definition) is 1. The highest BCUT2D eigenvalue weighted by Gasteiger charge is 2.21. The molecule has 0 fully saturated rings. The highest BCUT2D eigenvalue weighted by molar-refractivity contribution is 7.93. The summed E-state index contributed by atoms with van der Waals surface area (Å²) in [7, 11) is -3.73. The molecule has 5 heteroatoms. The summed E-state index contributed by atoms with van der Waals surface area (Å²) >= 11 is 6.29. The molecule has 0 bridgehead atoms. The molecule has 1 aliphatic carbocycles. The third-order valence-electron chi connectivity index (χ3n) is 4.75. The second-order valence-corrected chi connectivity index (χ2v) is 8.41. The topological polar surface area (TPSA) is 46.2 Å². The lowest BCUT2D eigenvalue weighted by Crippen LogP contribution is -2.16. The second-order valence-electron chi connectivity index (χ2n) is 6.35. The first-order valence-corrected chi connectivity index (χ1v) is 10.2. The van der Waals surface area contributed by atoms with Crippen LogP contribution >= 0.6 is 11.6 Å². The van der Waals surface area contributed by atoms with E-state index in [0.29, 0.717) is 16.1 Å². The predicted molar refractivity (Wildman–Crippen MR) is 103 cm³/mol. The van der Waals surface area contributed by atoms with Gasteiger partial charge in [0.2, 0.25) is 0 Å². The normalized spacial score (nSPS) is 14.3. The lowest BCUT2D eigenvalue weighted by Gasteiger charge is -2.20. The first kappa shape index (κ1) is 16.4. The van der Waals surface area contributed by atoms with Crippen molar-refractivity contribution in [2.75, 3.05) is 4.72 Å². The van der Waals surface area contributed by atoms with Crippen LogP contribution in [0, 0.1) is 0 Å². The Morgan fingerprint density at radius 1 is 0.880 bits per heavy atom. The van der Waals surface area contributed by atoms with Crippen molar-refractivity contribution in [1.82, 2.24) is 0 Å². The van der Waals surface area contributed by atoms with Crippen LogP contribution in [-0.4, -0.2) is 8.42 Å². The number of rotatable bonds is 3. The lowest BCUT2D eigenvalue weighted by molar-refractivity contribution is 0.602. The van der Waals surface area contributed by atoms with E-state index in [0.717, 1.165) is 36.6 Å². The second kappa shape index (κ2) is 6.36. The molecule has 0 saturated carbocycles. The monoisotopic (exact) mass is 371 g/mol. The Balaban J connectivity index is 1.82.